The smallest absolute Gasteiger partial charge is 0.218 e. The van der Waals surface area contributed by atoms with Gasteiger partial charge in [0, 0.05) is 0 Å². The van der Waals surface area contributed by atoms with Crippen molar-refractivity contribution in [1.82, 2.24) is 4.90 Å². The van der Waals surface area contributed by atoms with Crippen LogP contribution < -0.4 is 0 Å². The van der Waals surface area contributed by atoms with Crippen LogP contribution in [0.3, 0.4) is 0 Å². The maximum Gasteiger partial charge on any atom is 0.218 e. The van der Waals surface area contributed by atoms with Gasteiger partial charge in [-0.1, -0.05) is 13.8 Å². The van der Waals surface area contributed by atoms with Crippen molar-refractivity contribution >= 4 is 0 Å². The highest BCUT2D eigenvalue weighted by atomic mass is 16.7. The molecule has 0 saturated carbocycles. The van der Waals surface area contributed by atoms with Crippen molar-refractivity contribution in [2.45, 2.75) is 33.1 Å². The van der Waals surface area contributed by atoms with Gasteiger partial charge in [-0.3, -0.25) is 4.90 Å². The minimum atomic E-state index is -0.176. The summed E-state index contributed by atoms with van der Waals surface area (Å²) in [5.41, 5.74) is 0. The first kappa shape index (κ1) is 11.9. The van der Waals surface area contributed by atoms with Crippen LogP contribution in [-0.4, -0.2) is 38.6 Å². The molecule has 0 aliphatic carbocycles. The van der Waals surface area contributed by atoms with Crippen molar-refractivity contribution in [2.75, 3.05) is 27.3 Å². The van der Waals surface area contributed by atoms with Gasteiger partial charge in [0.25, 0.3) is 0 Å². The number of ether oxygens (including phenoxy) is 2. The van der Waals surface area contributed by atoms with E-state index in [1.807, 2.05) is 19.0 Å². The van der Waals surface area contributed by atoms with Crippen LogP contribution in [0.4, 0.5) is 0 Å². The molecule has 0 heterocycles. The number of nitrogens with zero attached hydrogens (tertiary/aromatic N) is 1. The van der Waals surface area contributed by atoms with Gasteiger partial charge in [-0.05, 0) is 26.9 Å². The lowest BCUT2D eigenvalue weighted by molar-refractivity contribution is -0.210. The summed E-state index contributed by atoms with van der Waals surface area (Å²) in [4.78, 5) is 1.94. The zero-order valence-electron chi connectivity index (χ0n) is 8.67. The van der Waals surface area contributed by atoms with Crippen LogP contribution in [0.15, 0.2) is 0 Å². The largest absolute Gasteiger partial charge is 0.340 e. The normalized spacial score (nSPS) is 11.5. The van der Waals surface area contributed by atoms with E-state index < -0.39 is 0 Å². The van der Waals surface area contributed by atoms with Gasteiger partial charge >= 0.3 is 0 Å². The van der Waals surface area contributed by atoms with E-state index in [4.69, 9.17) is 9.47 Å². The van der Waals surface area contributed by atoms with E-state index in [2.05, 4.69) is 13.8 Å². The molecule has 0 radical (unpaired) electrons. The Morgan fingerprint density at radius 1 is 1.00 bits per heavy atom. The molecule has 0 saturated heterocycles. The molecule has 0 unspecified atom stereocenters. The molecule has 0 rings (SSSR count). The fourth-order valence-corrected chi connectivity index (χ4v) is 0.784. The molecule has 0 bridgehead atoms. The monoisotopic (exact) mass is 175 g/mol. The molecule has 0 aliphatic rings. The van der Waals surface area contributed by atoms with E-state index in [0.717, 1.165) is 26.1 Å². The van der Waals surface area contributed by atoms with Crippen molar-refractivity contribution in [2.24, 2.45) is 0 Å². The van der Waals surface area contributed by atoms with Gasteiger partial charge in [-0.25, -0.2) is 0 Å². The third-order valence-electron chi connectivity index (χ3n) is 1.35. The van der Waals surface area contributed by atoms with E-state index in [1.54, 1.807) is 0 Å². The van der Waals surface area contributed by atoms with Gasteiger partial charge in [0.2, 0.25) is 6.41 Å². The van der Waals surface area contributed by atoms with Crippen molar-refractivity contribution in [3.8, 4) is 0 Å². The Kier molecular flexibility index (Phi) is 7.45. The summed E-state index contributed by atoms with van der Waals surface area (Å²) in [5, 5.41) is 0. The van der Waals surface area contributed by atoms with Crippen LogP contribution in [-0.2, 0) is 9.47 Å². The van der Waals surface area contributed by atoms with Crippen molar-refractivity contribution in [1.29, 1.82) is 0 Å². The summed E-state index contributed by atoms with van der Waals surface area (Å²) in [6.45, 7) is 5.69. The predicted octanol–water partition coefficient (Wildman–Crippen LogP) is 1.68. The molecular formula is C9H21NO2. The molecule has 0 aliphatic heterocycles. The second-order valence-corrected chi connectivity index (χ2v) is 3.01. The highest BCUT2D eigenvalue weighted by molar-refractivity contribution is 4.40. The number of hydrogen-bond acceptors (Lipinski definition) is 3. The molecule has 12 heavy (non-hydrogen) atoms. The average molecular weight is 175 g/mol. The lowest BCUT2D eigenvalue weighted by atomic mass is 10.5. The van der Waals surface area contributed by atoms with Crippen LogP contribution in [0.2, 0.25) is 0 Å². The van der Waals surface area contributed by atoms with E-state index in [9.17, 15) is 0 Å². The zero-order valence-corrected chi connectivity index (χ0v) is 8.67. The van der Waals surface area contributed by atoms with Gasteiger partial charge in [-0.15, -0.1) is 0 Å². The molecule has 0 amide bonds. The van der Waals surface area contributed by atoms with Gasteiger partial charge in [0.15, 0.2) is 0 Å². The SMILES string of the molecule is CCCOC(OCCC)N(C)C. The van der Waals surface area contributed by atoms with Crippen LogP contribution in [0.25, 0.3) is 0 Å². The molecule has 3 nitrogen and oxygen atoms in total. The van der Waals surface area contributed by atoms with Crippen LogP contribution in [0.1, 0.15) is 26.7 Å². The van der Waals surface area contributed by atoms with E-state index in [-0.39, 0.29) is 6.41 Å². The Morgan fingerprint density at radius 3 is 1.67 bits per heavy atom. The molecule has 3 heteroatoms. The number of rotatable bonds is 7. The standard InChI is InChI=1S/C9H21NO2/c1-5-7-11-9(10(3)4)12-8-6-2/h9H,5-8H2,1-4H3. The Labute approximate surface area is 75.6 Å². The maximum atomic E-state index is 5.46. The Balaban J connectivity index is 3.55. The van der Waals surface area contributed by atoms with E-state index in [0.29, 0.717) is 0 Å². The van der Waals surface area contributed by atoms with E-state index in [1.165, 1.54) is 0 Å². The topological polar surface area (TPSA) is 21.7 Å². The highest BCUT2D eigenvalue weighted by Crippen LogP contribution is 2.00. The summed E-state index contributed by atoms with van der Waals surface area (Å²) in [5.74, 6) is 0. The summed E-state index contributed by atoms with van der Waals surface area (Å²) in [6, 6.07) is 0. The second-order valence-electron chi connectivity index (χ2n) is 3.01. The third-order valence-corrected chi connectivity index (χ3v) is 1.35. The fraction of sp³-hybridized carbons (Fsp3) is 1.00. The predicted molar refractivity (Wildman–Crippen MR) is 50.0 cm³/mol. The molecule has 0 atom stereocenters. The Morgan fingerprint density at radius 2 is 1.42 bits per heavy atom. The van der Waals surface area contributed by atoms with Gasteiger partial charge in [-0.2, -0.15) is 0 Å². The quantitative estimate of drug-likeness (QED) is 0.549. The first-order valence-corrected chi connectivity index (χ1v) is 4.62. The van der Waals surface area contributed by atoms with Crippen LogP contribution >= 0.6 is 0 Å². The zero-order chi connectivity index (χ0) is 9.40. The molecule has 0 spiro atoms. The van der Waals surface area contributed by atoms with Crippen LogP contribution in [0, 0.1) is 0 Å². The van der Waals surface area contributed by atoms with Crippen LogP contribution in [0.5, 0.6) is 0 Å². The first-order valence-electron chi connectivity index (χ1n) is 4.62. The average Bonchev–Trinajstić information content (AvgIpc) is 2.04. The minimum absolute atomic E-state index is 0.176. The van der Waals surface area contributed by atoms with Gasteiger partial charge in [0.05, 0.1) is 13.2 Å². The molecule has 0 aromatic carbocycles. The lowest BCUT2D eigenvalue weighted by Crippen LogP contribution is -2.33. The summed E-state index contributed by atoms with van der Waals surface area (Å²) < 4.78 is 10.9. The number of hydrogen-bond donors (Lipinski definition) is 0. The second kappa shape index (κ2) is 7.53. The third kappa shape index (κ3) is 5.52. The molecule has 74 valence electrons. The molecule has 0 N–H and O–H groups in total. The summed E-state index contributed by atoms with van der Waals surface area (Å²) >= 11 is 0. The Bertz CT molecular complexity index is 88.5. The lowest BCUT2D eigenvalue weighted by Gasteiger charge is -2.23. The van der Waals surface area contributed by atoms with Gasteiger partial charge < -0.3 is 9.47 Å². The molecular weight excluding hydrogens is 154 g/mol. The molecule has 0 aromatic heterocycles. The van der Waals surface area contributed by atoms with Crippen molar-refractivity contribution in [3.05, 3.63) is 0 Å². The fourth-order valence-electron chi connectivity index (χ4n) is 0.784. The maximum absolute atomic E-state index is 5.46. The summed E-state index contributed by atoms with van der Waals surface area (Å²) in [7, 11) is 3.91. The van der Waals surface area contributed by atoms with Crippen molar-refractivity contribution in [3.63, 3.8) is 0 Å². The minimum Gasteiger partial charge on any atom is -0.340 e. The summed E-state index contributed by atoms with van der Waals surface area (Å²) in [6.07, 6.45) is 1.88. The van der Waals surface area contributed by atoms with E-state index >= 15 is 0 Å². The molecule has 0 fully saturated rings. The van der Waals surface area contributed by atoms with Crippen molar-refractivity contribution < 1.29 is 9.47 Å². The first-order chi connectivity index (χ1) is 5.72. The highest BCUT2D eigenvalue weighted by Gasteiger charge is 2.09. The molecule has 0 aromatic rings. The Hall–Kier alpha value is -0.120. The van der Waals surface area contributed by atoms with Gasteiger partial charge in [0.1, 0.15) is 0 Å².